The van der Waals surface area contributed by atoms with E-state index in [2.05, 4.69) is 18.7 Å². The van der Waals surface area contributed by atoms with Crippen molar-refractivity contribution in [3.8, 4) is 0 Å². The molecular weight excluding hydrogens is 250 g/mol. The molecule has 110 valence electrons. The molecule has 3 atom stereocenters. The maximum Gasteiger partial charge on any atom is 0.314 e. The molecule has 3 nitrogen and oxygen atoms in total. The summed E-state index contributed by atoms with van der Waals surface area (Å²) in [5, 5.41) is 0. The molecule has 3 heteroatoms. The summed E-state index contributed by atoms with van der Waals surface area (Å²) in [5.41, 5.74) is 1.05. The lowest BCUT2D eigenvalue weighted by atomic mass is 9.87. The number of benzene rings is 1. The molecule has 2 rings (SSSR count). The van der Waals surface area contributed by atoms with Gasteiger partial charge < -0.3 is 9.64 Å². The van der Waals surface area contributed by atoms with Gasteiger partial charge in [-0.15, -0.1) is 0 Å². The lowest BCUT2D eigenvalue weighted by Gasteiger charge is -2.36. The average molecular weight is 275 g/mol. The summed E-state index contributed by atoms with van der Waals surface area (Å²) in [5.74, 6) is 1.15. The Morgan fingerprint density at radius 2 is 2.00 bits per heavy atom. The molecule has 1 aliphatic heterocycles. The highest BCUT2D eigenvalue weighted by Gasteiger charge is 2.28. The second-order valence-electron chi connectivity index (χ2n) is 5.99. The van der Waals surface area contributed by atoms with Crippen LogP contribution in [0.25, 0.3) is 0 Å². The Morgan fingerprint density at radius 3 is 2.60 bits per heavy atom. The number of nitrogens with zero attached hydrogens (tertiary/aromatic N) is 1. The smallest absolute Gasteiger partial charge is 0.314 e. The third-order valence-corrected chi connectivity index (χ3v) is 4.55. The molecule has 1 heterocycles. The van der Waals surface area contributed by atoms with Gasteiger partial charge in [-0.05, 0) is 30.4 Å². The van der Waals surface area contributed by atoms with E-state index in [0.29, 0.717) is 5.92 Å². The normalized spacial score (nSPS) is 25.1. The van der Waals surface area contributed by atoms with Gasteiger partial charge >= 0.3 is 5.97 Å². The summed E-state index contributed by atoms with van der Waals surface area (Å²) in [7, 11) is 1.47. The number of hydrogen-bond donors (Lipinski definition) is 0. The van der Waals surface area contributed by atoms with E-state index in [0.717, 1.165) is 31.1 Å². The van der Waals surface area contributed by atoms with Gasteiger partial charge in [-0.3, -0.25) is 4.79 Å². The molecule has 0 aromatic heterocycles. The molecule has 1 saturated heterocycles. The standard InChI is InChI=1S/C17H25NO2/c1-13-9-10-18(11-14(13)2)12-16(17(19)20-3)15-7-5-4-6-8-15/h4-8,13-14,16H,9-12H2,1-3H3. The highest BCUT2D eigenvalue weighted by Crippen LogP contribution is 2.26. The molecule has 3 unspecified atom stereocenters. The Balaban J connectivity index is 2.07. The van der Waals surface area contributed by atoms with Gasteiger partial charge in [0.05, 0.1) is 13.0 Å². The van der Waals surface area contributed by atoms with E-state index in [-0.39, 0.29) is 11.9 Å². The average Bonchev–Trinajstić information content (AvgIpc) is 2.48. The van der Waals surface area contributed by atoms with Crippen molar-refractivity contribution < 1.29 is 9.53 Å². The minimum Gasteiger partial charge on any atom is -0.469 e. The van der Waals surface area contributed by atoms with E-state index in [4.69, 9.17) is 4.74 Å². The van der Waals surface area contributed by atoms with Crippen molar-refractivity contribution in [2.24, 2.45) is 11.8 Å². The molecule has 0 radical (unpaired) electrons. The van der Waals surface area contributed by atoms with Crippen molar-refractivity contribution >= 4 is 5.97 Å². The molecule has 0 bridgehead atoms. The topological polar surface area (TPSA) is 29.5 Å². The van der Waals surface area contributed by atoms with E-state index in [1.54, 1.807) is 0 Å². The Morgan fingerprint density at radius 1 is 1.30 bits per heavy atom. The van der Waals surface area contributed by atoms with Gasteiger partial charge in [0.1, 0.15) is 0 Å². The second-order valence-corrected chi connectivity index (χ2v) is 5.99. The first-order chi connectivity index (χ1) is 9.61. The Labute approximate surface area is 121 Å². The summed E-state index contributed by atoms with van der Waals surface area (Å²) in [4.78, 5) is 14.5. The van der Waals surface area contributed by atoms with E-state index in [1.165, 1.54) is 13.5 Å². The fraction of sp³-hybridized carbons (Fsp3) is 0.588. The van der Waals surface area contributed by atoms with E-state index in [9.17, 15) is 4.79 Å². The van der Waals surface area contributed by atoms with Crippen LogP contribution in [0.4, 0.5) is 0 Å². The molecule has 1 aromatic rings. The molecule has 20 heavy (non-hydrogen) atoms. The van der Waals surface area contributed by atoms with Crippen LogP contribution in [0, 0.1) is 11.8 Å². The zero-order chi connectivity index (χ0) is 14.5. The molecular formula is C17H25NO2. The molecule has 0 spiro atoms. The molecule has 1 fully saturated rings. The zero-order valence-corrected chi connectivity index (χ0v) is 12.7. The van der Waals surface area contributed by atoms with E-state index < -0.39 is 0 Å². The summed E-state index contributed by atoms with van der Waals surface area (Å²) >= 11 is 0. The van der Waals surface area contributed by atoms with Crippen LogP contribution < -0.4 is 0 Å². The number of ether oxygens (including phenoxy) is 1. The number of carbonyl (C=O) groups excluding carboxylic acids is 1. The number of rotatable bonds is 4. The highest BCUT2D eigenvalue weighted by atomic mass is 16.5. The number of methoxy groups -OCH3 is 1. The molecule has 0 N–H and O–H groups in total. The van der Waals surface area contributed by atoms with Gasteiger partial charge in [0.25, 0.3) is 0 Å². The monoisotopic (exact) mass is 275 g/mol. The predicted octanol–water partition coefficient (Wildman–Crippen LogP) is 2.92. The summed E-state index contributed by atoms with van der Waals surface area (Å²) < 4.78 is 4.99. The fourth-order valence-corrected chi connectivity index (χ4v) is 2.92. The van der Waals surface area contributed by atoms with E-state index in [1.807, 2.05) is 30.3 Å². The second kappa shape index (κ2) is 6.89. The molecule has 0 amide bonds. The van der Waals surface area contributed by atoms with Crippen LogP contribution in [0.2, 0.25) is 0 Å². The number of carbonyl (C=O) groups is 1. The first kappa shape index (κ1) is 15.0. The number of esters is 1. The predicted molar refractivity (Wildman–Crippen MR) is 80.6 cm³/mol. The van der Waals surface area contributed by atoms with Crippen LogP contribution in [0.3, 0.4) is 0 Å². The largest absolute Gasteiger partial charge is 0.469 e. The minimum atomic E-state index is -0.179. The van der Waals surface area contributed by atoms with Crippen LogP contribution in [-0.4, -0.2) is 37.6 Å². The van der Waals surface area contributed by atoms with Crippen LogP contribution >= 0.6 is 0 Å². The Hall–Kier alpha value is -1.35. The van der Waals surface area contributed by atoms with Gasteiger partial charge in [0, 0.05) is 13.1 Å². The van der Waals surface area contributed by atoms with Crippen molar-refractivity contribution in [3.63, 3.8) is 0 Å². The van der Waals surface area contributed by atoms with Gasteiger partial charge in [0.2, 0.25) is 0 Å². The Kier molecular flexibility index (Phi) is 5.18. The third kappa shape index (κ3) is 3.60. The lowest BCUT2D eigenvalue weighted by molar-refractivity contribution is -0.143. The highest BCUT2D eigenvalue weighted by molar-refractivity contribution is 5.78. The van der Waals surface area contributed by atoms with Crippen molar-refractivity contribution in [1.29, 1.82) is 0 Å². The van der Waals surface area contributed by atoms with Gasteiger partial charge in [0.15, 0.2) is 0 Å². The van der Waals surface area contributed by atoms with Crippen molar-refractivity contribution in [3.05, 3.63) is 35.9 Å². The first-order valence-corrected chi connectivity index (χ1v) is 7.47. The van der Waals surface area contributed by atoms with Gasteiger partial charge in [-0.25, -0.2) is 0 Å². The van der Waals surface area contributed by atoms with Crippen LogP contribution in [0.1, 0.15) is 31.7 Å². The summed E-state index contributed by atoms with van der Waals surface area (Å²) in [6.07, 6.45) is 1.21. The SMILES string of the molecule is COC(=O)C(CN1CCC(C)C(C)C1)c1ccccc1. The first-order valence-electron chi connectivity index (χ1n) is 7.47. The van der Waals surface area contributed by atoms with Crippen LogP contribution in [-0.2, 0) is 9.53 Å². The van der Waals surface area contributed by atoms with Crippen LogP contribution in [0.15, 0.2) is 30.3 Å². The minimum absolute atomic E-state index is 0.137. The van der Waals surface area contributed by atoms with Crippen molar-refractivity contribution in [2.45, 2.75) is 26.2 Å². The maximum atomic E-state index is 12.1. The summed E-state index contributed by atoms with van der Waals surface area (Å²) in [6, 6.07) is 9.95. The van der Waals surface area contributed by atoms with Crippen molar-refractivity contribution in [2.75, 3.05) is 26.7 Å². The number of hydrogen-bond acceptors (Lipinski definition) is 3. The van der Waals surface area contributed by atoms with E-state index >= 15 is 0 Å². The van der Waals surface area contributed by atoms with Crippen molar-refractivity contribution in [1.82, 2.24) is 4.90 Å². The van der Waals surface area contributed by atoms with Gasteiger partial charge in [-0.1, -0.05) is 44.2 Å². The quantitative estimate of drug-likeness (QED) is 0.791. The Bertz CT molecular complexity index is 432. The summed E-state index contributed by atoms with van der Waals surface area (Å²) in [6.45, 7) is 7.52. The number of likely N-dealkylation sites (tertiary alicyclic amines) is 1. The maximum absolute atomic E-state index is 12.1. The molecule has 1 aliphatic rings. The molecule has 0 aliphatic carbocycles. The molecule has 1 aromatic carbocycles. The molecule has 0 saturated carbocycles. The number of piperidine rings is 1. The lowest BCUT2D eigenvalue weighted by Crippen LogP contribution is -2.41. The fourth-order valence-electron chi connectivity index (χ4n) is 2.92. The van der Waals surface area contributed by atoms with Gasteiger partial charge in [-0.2, -0.15) is 0 Å². The zero-order valence-electron chi connectivity index (χ0n) is 12.7. The van der Waals surface area contributed by atoms with Crippen LogP contribution in [0.5, 0.6) is 0 Å². The third-order valence-electron chi connectivity index (χ3n) is 4.55.